The Labute approximate surface area is 90.8 Å². The van der Waals surface area contributed by atoms with E-state index in [1.807, 2.05) is 7.05 Å². The number of rotatable bonds is 2. The van der Waals surface area contributed by atoms with Crippen molar-refractivity contribution in [1.82, 2.24) is 10.3 Å². The molecule has 1 N–H and O–H groups in total. The Hall–Kier alpha value is -0.410. The van der Waals surface area contributed by atoms with Gasteiger partial charge >= 0.3 is 0 Å². The zero-order valence-corrected chi connectivity index (χ0v) is 10.7. The highest BCUT2D eigenvalue weighted by molar-refractivity contribution is 7.11. The highest BCUT2D eigenvalue weighted by Gasteiger charge is 2.27. The van der Waals surface area contributed by atoms with Gasteiger partial charge in [0.05, 0.1) is 10.7 Å². The van der Waals surface area contributed by atoms with E-state index in [4.69, 9.17) is 0 Å². The molecule has 0 radical (unpaired) electrons. The summed E-state index contributed by atoms with van der Waals surface area (Å²) in [5.74, 6) is 0. The van der Waals surface area contributed by atoms with Crippen LogP contribution in [0.5, 0.6) is 0 Å². The maximum absolute atomic E-state index is 4.47. The third kappa shape index (κ3) is 2.34. The molecule has 0 aliphatic carbocycles. The number of thiazole rings is 1. The van der Waals surface area contributed by atoms with E-state index >= 15 is 0 Å². The summed E-state index contributed by atoms with van der Waals surface area (Å²) in [6, 6.07) is 0.397. The maximum atomic E-state index is 4.47. The van der Waals surface area contributed by atoms with Crippen LogP contribution in [0, 0.1) is 19.3 Å². The molecule has 1 aromatic heterocycles. The lowest BCUT2D eigenvalue weighted by atomic mass is 9.85. The molecule has 2 nitrogen and oxygen atoms in total. The van der Waals surface area contributed by atoms with Gasteiger partial charge < -0.3 is 5.32 Å². The summed E-state index contributed by atoms with van der Waals surface area (Å²) in [6.07, 6.45) is 0. The number of aromatic nitrogens is 1. The zero-order chi connectivity index (χ0) is 10.9. The smallest absolute Gasteiger partial charge is 0.0900 e. The Morgan fingerprint density at radius 2 is 1.86 bits per heavy atom. The van der Waals surface area contributed by atoms with Gasteiger partial charge in [-0.2, -0.15) is 0 Å². The quantitative estimate of drug-likeness (QED) is 0.815. The van der Waals surface area contributed by atoms with E-state index in [0.717, 1.165) is 5.01 Å². The van der Waals surface area contributed by atoms with Gasteiger partial charge in [0.25, 0.3) is 0 Å². The number of nitrogens with one attached hydrogen (secondary N) is 1. The van der Waals surface area contributed by atoms with Gasteiger partial charge in [-0.05, 0) is 26.3 Å². The van der Waals surface area contributed by atoms with Crippen molar-refractivity contribution in [2.24, 2.45) is 5.41 Å². The molecule has 0 bridgehead atoms. The number of nitrogens with zero attached hydrogens (tertiary/aromatic N) is 1. The Morgan fingerprint density at radius 1 is 1.29 bits per heavy atom. The molecule has 0 aromatic carbocycles. The number of hydrogen-bond acceptors (Lipinski definition) is 3. The lowest BCUT2D eigenvalue weighted by Gasteiger charge is -2.29. The normalized spacial score (nSPS) is 14.4. The fourth-order valence-corrected chi connectivity index (χ4v) is 3.06. The monoisotopic (exact) mass is 212 g/mol. The molecule has 1 heterocycles. The molecule has 0 saturated carbocycles. The van der Waals surface area contributed by atoms with Crippen molar-refractivity contribution in [3.05, 3.63) is 15.6 Å². The van der Waals surface area contributed by atoms with Gasteiger partial charge in [-0.15, -0.1) is 11.3 Å². The Kier molecular flexibility index (Phi) is 3.32. The van der Waals surface area contributed by atoms with Crippen molar-refractivity contribution in [1.29, 1.82) is 0 Å². The molecule has 1 unspecified atom stereocenters. The van der Waals surface area contributed by atoms with Gasteiger partial charge in [0.15, 0.2) is 0 Å². The molecule has 14 heavy (non-hydrogen) atoms. The topological polar surface area (TPSA) is 24.9 Å². The van der Waals surface area contributed by atoms with E-state index in [9.17, 15) is 0 Å². The second-order valence-corrected chi connectivity index (χ2v) is 6.01. The fourth-order valence-electron chi connectivity index (χ4n) is 1.77. The van der Waals surface area contributed by atoms with Crippen molar-refractivity contribution in [3.8, 4) is 0 Å². The second kappa shape index (κ2) is 3.99. The van der Waals surface area contributed by atoms with E-state index in [1.54, 1.807) is 11.3 Å². The summed E-state index contributed by atoms with van der Waals surface area (Å²) >= 11 is 1.80. The van der Waals surface area contributed by atoms with Crippen LogP contribution in [-0.2, 0) is 0 Å². The lowest BCUT2D eigenvalue weighted by Crippen LogP contribution is -2.29. The second-order valence-electron chi connectivity index (χ2n) is 4.77. The minimum Gasteiger partial charge on any atom is -0.312 e. The third-order valence-electron chi connectivity index (χ3n) is 2.36. The van der Waals surface area contributed by atoms with Gasteiger partial charge in [-0.1, -0.05) is 20.8 Å². The largest absolute Gasteiger partial charge is 0.312 e. The molecule has 0 aliphatic rings. The molecule has 0 aliphatic heterocycles. The number of aryl methyl sites for hydroxylation is 2. The minimum absolute atomic E-state index is 0.235. The summed E-state index contributed by atoms with van der Waals surface area (Å²) in [6.45, 7) is 10.9. The van der Waals surface area contributed by atoms with Gasteiger partial charge in [0, 0.05) is 10.9 Å². The van der Waals surface area contributed by atoms with Crippen LogP contribution in [0.4, 0.5) is 0 Å². The van der Waals surface area contributed by atoms with Crippen LogP contribution in [-0.4, -0.2) is 12.0 Å². The van der Waals surface area contributed by atoms with E-state index in [-0.39, 0.29) is 5.41 Å². The Bertz CT molecular complexity index is 310. The van der Waals surface area contributed by atoms with E-state index < -0.39 is 0 Å². The third-order valence-corrected chi connectivity index (χ3v) is 3.49. The molecule has 1 rings (SSSR count). The van der Waals surface area contributed by atoms with E-state index in [0.29, 0.717) is 6.04 Å². The molecule has 0 amide bonds. The molecule has 0 spiro atoms. The van der Waals surface area contributed by atoms with Crippen LogP contribution < -0.4 is 5.32 Å². The van der Waals surface area contributed by atoms with Crippen molar-refractivity contribution in [2.45, 2.75) is 40.7 Å². The molecule has 0 fully saturated rings. The minimum atomic E-state index is 0.235. The molecular weight excluding hydrogens is 192 g/mol. The molecule has 3 heteroatoms. The summed E-state index contributed by atoms with van der Waals surface area (Å²) in [4.78, 5) is 5.84. The van der Waals surface area contributed by atoms with E-state index in [2.05, 4.69) is 44.9 Å². The first-order valence-corrected chi connectivity index (χ1v) is 5.79. The van der Waals surface area contributed by atoms with Crippen LogP contribution in [0.1, 0.15) is 42.4 Å². The predicted octanol–water partition coefficient (Wildman–Crippen LogP) is 3.07. The van der Waals surface area contributed by atoms with E-state index in [1.165, 1.54) is 10.6 Å². The van der Waals surface area contributed by atoms with Crippen molar-refractivity contribution in [2.75, 3.05) is 7.05 Å². The Morgan fingerprint density at radius 3 is 2.14 bits per heavy atom. The predicted molar refractivity (Wildman–Crippen MR) is 62.8 cm³/mol. The molecule has 1 aromatic rings. The standard InChI is InChI=1S/C11H20N2S/c1-7-9(14-8(2)13-7)10(12-6)11(3,4)5/h10,12H,1-6H3. The molecule has 80 valence electrons. The van der Waals surface area contributed by atoms with Gasteiger partial charge in [-0.25, -0.2) is 4.98 Å². The van der Waals surface area contributed by atoms with Crippen LogP contribution in [0.2, 0.25) is 0 Å². The van der Waals surface area contributed by atoms with Gasteiger partial charge in [0.1, 0.15) is 0 Å². The van der Waals surface area contributed by atoms with Crippen molar-refractivity contribution in [3.63, 3.8) is 0 Å². The average molecular weight is 212 g/mol. The van der Waals surface area contributed by atoms with Crippen molar-refractivity contribution < 1.29 is 0 Å². The first-order chi connectivity index (χ1) is 6.36. The maximum Gasteiger partial charge on any atom is 0.0900 e. The first-order valence-electron chi connectivity index (χ1n) is 4.97. The fraction of sp³-hybridized carbons (Fsp3) is 0.727. The molecular formula is C11H20N2S. The highest BCUT2D eigenvalue weighted by atomic mass is 32.1. The number of hydrogen-bond donors (Lipinski definition) is 1. The molecule has 1 atom stereocenters. The first kappa shape index (κ1) is 11.7. The highest BCUT2D eigenvalue weighted by Crippen LogP contribution is 2.36. The summed E-state index contributed by atoms with van der Waals surface area (Å²) in [5.41, 5.74) is 1.40. The SMILES string of the molecule is CNC(c1sc(C)nc1C)C(C)(C)C. The summed E-state index contributed by atoms with van der Waals surface area (Å²) in [7, 11) is 2.02. The van der Waals surface area contributed by atoms with Crippen LogP contribution in [0.25, 0.3) is 0 Å². The zero-order valence-electron chi connectivity index (χ0n) is 9.93. The summed E-state index contributed by atoms with van der Waals surface area (Å²) < 4.78 is 0. The van der Waals surface area contributed by atoms with Crippen LogP contribution in [0.3, 0.4) is 0 Å². The Balaban J connectivity index is 3.07. The lowest BCUT2D eigenvalue weighted by molar-refractivity contribution is 0.290. The summed E-state index contributed by atoms with van der Waals surface area (Å²) in [5, 5.41) is 4.54. The van der Waals surface area contributed by atoms with Crippen LogP contribution >= 0.6 is 11.3 Å². The van der Waals surface area contributed by atoms with Crippen molar-refractivity contribution >= 4 is 11.3 Å². The van der Waals surface area contributed by atoms with Crippen LogP contribution in [0.15, 0.2) is 0 Å². The average Bonchev–Trinajstić information content (AvgIpc) is 2.29. The van der Waals surface area contributed by atoms with Gasteiger partial charge in [-0.3, -0.25) is 0 Å². The molecule has 0 saturated heterocycles. The van der Waals surface area contributed by atoms with Gasteiger partial charge in [0.2, 0.25) is 0 Å².